The zero-order valence-electron chi connectivity index (χ0n) is 14.6. The molecule has 0 radical (unpaired) electrons. The lowest BCUT2D eigenvalue weighted by molar-refractivity contribution is 0.101. The zero-order valence-corrected chi connectivity index (χ0v) is 14.6. The van der Waals surface area contributed by atoms with Gasteiger partial charge in [0.25, 0.3) is 5.91 Å². The number of hydrogen-bond donors (Lipinski definition) is 1. The van der Waals surface area contributed by atoms with E-state index >= 15 is 0 Å². The number of rotatable bonds is 3. The first-order chi connectivity index (χ1) is 12.2. The van der Waals surface area contributed by atoms with Crippen LogP contribution >= 0.6 is 0 Å². The van der Waals surface area contributed by atoms with Crippen LogP contribution in [0.5, 0.6) is 0 Å². The van der Waals surface area contributed by atoms with Crippen LogP contribution in [0.3, 0.4) is 0 Å². The first-order valence-electron chi connectivity index (χ1n) is 9.17. The van der Waals surface area contributed by atoms with Crippen molar-refractivity contribution in [1.82, 2.24) is 9.78 Å². The summed E-state index contributed by atoms with van der Waals surface area (Å²) in [5, 5.41) is 6.97. The van der Waals surface area contributed by atoms with Crippen LogP contribution in [0.4, 0.5) is 11.4 Å². The van der Waals surface area contributed by atoms with Crippen molar-refractivity contribution in [2.75, 3.05) is 5.32 Å². The Hall–Kier alpha value is -2.43. The van der Waals surface area contributed by atoms with E-state index in [0.29, 0.717) is 11.6 Å². The summed E-state index contributed by atoms with van der Waals surface area (Å²) < 4.78 is 1.57. The third kappa shape index (κ3) is 3.36. The molecular formula is C20H24N4O. The Bertz CT molecular complexity index is 802. The molecule has 4 rings (SSSR count). The minimum Gasteiger partial charge on any atom is -0.321 e. The van der Waals surface area contributed by atoms with Gasteiger partial charge in [0.05, 0.1) is 5.69 Å². The maximum Gasteiger partial charge on any atom is 0.273 e. The van der Waals surface area contributed by atoms with Crippen molar-refractivity contribution in [2.45, 2.75) is 38.5 Å². The Kier molecular flexibility index (Phi) is 4.38. The van der Waals surface area contributed by atoms with E-state index in [1.165, 1.54) is 37.7 Å². The van der Waals surface area contributed by atoms with E-state index in [0.717, 1.165) is 23.7 Å². The van der Waals surface area contributed by atoms with Gasteiger partial charge < -0.3 is 5.32 Å². The molecule has 2 heterocycles. The lowest BCUT2D eigenvalue weighted by Gasteiger charge is -2.30. The molecule has 0 spiro atoms. The van der Waals surface area contributed by atoms with Crippen LogP contribution < -0.4 is 5.32 Å². The minimum absolute atomic E-state index is 0.153. The van der Waals surface area contributed by atoms with Crippen molar-refractivity contribution in [3.63, 3.8) is 0 Å². The van der Waals surface area contributed by atoms with E-state index in [1.807, 2.05) is 12.1 Å². The van der Waals surface area contributed by atoms with Crippen molar-refractivity contribution in [3.05, 3.63) is 41.7 Å². The highest BCUT2D eigenvalue weighted by Crippen LogP contribution is 2.36. The predicted molar refractivity (Wildman–Crippen MR) is 99.5 cm³/mol. The molecule has 1 unspecified atom stereocenters. The standard InChI is InChI=1S/C20H24N4O/c1-24-19(9-10-22-24)20(25)23-17-8-7-15-11-16(13-21-18(15)12-17)14-5-3-2-4-6-14/h7-10,12-14,16H,2-6,11H2,1H3,(H,23,25). The Morgan fingerprint density at radius 2 is 2.04 bits per heavy atom. The number of carbonyl (C=O) groups excluding carboxylic acids is 1. The lowest BCUT2D eigenvalue weighted by Crippen LogP contribution is -2.23. The molecule has 2 aromatic rings. The Balaban J connectivity index is 1.47. The monoisotopic (exact) mass is 336 g/mol. The summed E-state index contributed by atoms with van der Waals surface area (Å²) in [4.78, 5) is 17.0. The average molecular weight is 336 g/mol. The number of aromatic nitrogens is 2. The van der Waals surface area contributed by atoms with Crippen molar-refractivity contribution < 1.29 is 4.79 Å². The second kappa shape index (κ2) is 6.82. The molecule has 1 aliphatic carbocycles. The van der Waals surface area contributed by atoms with Crippen molar-refractivity contribution in [3.8, 4) is 0 Å². The predicted octanol–water partition coefficient (Wildman–Crippen LogP) is 4.13. The van der Waals surface area contributed by atoms with Crippen LogP contribution in [-0.2, 0) is 13.5 Å². The van der Waals surface area contributed by atoms with E-state index in [1.54, 1.807) is 24.0 Å². The number of anilines is 1. The molecule has 1 aliphatic heterocycles. The van der Waals surface area contributed by atoms with E-state index in [4.69, 9.17) is 4.99 Å². The summed E-state index contributed by atoms with van der Waals surface area (Å²) in [6, 6.07) is 7.77. The van der Waals surface area contributed by atoms with Crippen molar-refractivity contribution in [2.24, 2.45) is 23.9 Å². The lowest BCUT2D eigenvalue weighted by atomic mass is 9.77. The third-order valence-electron chi connectivity index (χ3n) is 5.51. The highest BCUT2D eigenvalue weighted by molar-refractivity contribution is 6.03. The van der Waals surface area contributed by atoms with Crippen LogP contribution in [0.25, 0.3) is 0 Å². The number of aryl methyl sites for hydroxylation is 1. The molecule has 1 N–H and O–H groups in total. The van der Waals surface area contributed by atoms with Gasteiger partial charge in [0.1, 0.15) is 5.69 Å². The molecule has 1 amide bonds. The largest absolute Gasteiger partial charge is 0.321 e. The Morgan fingerprint density at radius 1 is 1.20 bits per heavy atom. The summed E-state index contributed by atoms with van der Waals surface area (Å²) in [5.41, 5.74) is 3.59. The fourth-order valence-electron chi connectivity index (χ4n) is 4.06. The molecule has 5 heteroatoms. The Morgan fingerprint density at radius 3 is 2.80 bits per heavy atom. The summed E-state index contributed by atoms with van der Waals surface area (Å²) >= 11 is 0. The number of aliphatic imine (C=N–C) groups is 1. The molecule has 1 aromatic carbocycles. The molecular weight excluding hydrogens is 312 g/mol. The fraction of sp³-hybridized carbons (Fsp3) is 0.450. The second-order valence-corrected chi connectivity index (χ2v) is 7.18. The van der Waals surface area contributed by atoms with Gasteiger partial charge in [0, 0.05) is 31.1 Å². The molecule has 1 fully saturated rings. The fourth-order valence-corrected chi connectivity index (χ4v) is 4.06. The first kappa shape index (κ1) is 16.1. The maximum atomic E-state index is 12.3. The van der Waals surface area contributed by atoms with Crippen LogP contribution in [0.15, 0.2) is 35.5 Å². The zero-order chi connectivity index (χ0) is 17.2. The number of benzene rings is 1. The van der Waals surface area contributed by atoms with Gasteiger partial charge in [-0.3, -0.25) is 14.5 Å². The quantitative estimate of drug-likeness (QED) is 0.916. The molecule has 25 heavy (non-hydrogen) atoms. The SMILES string of the molecule is Cn1nccc1C(=O)Nc1ccc2c(c1)N=CC(C1CCCCC1)C2. The van der Waals surface area contributed by atoms with Crippen LogP contribution in [0, 0.1) is 11.8 Å². The van der Waals surface area contributed by atoms with Crippen LogP contribution in [-0.4, -0.2) is 21.9 Å². The number of fused-ring (bicyclic) bond motifs is 1. The third-order valence-corrected chi connectivity index (χ3v) is 5.51. The summed E-state index contributed by atoms with van der Waals surface area (Å²) in [7, 11) is 1.76. The van der Waals surface area contributed by atoms with Crippen LogP contribution in [0.1, 0.15) is 48.2 Å². The molecule has 1 atom stereocenters. The summed E-state index contributed by atoms with van der Waals surface area (Å²) in [5.74, 6) is 1.21. The van der Waals surface area contributed by atoms with Gasteiger partial charge in [-0.2, -0.15) is 5.10 Å². The normalized spacial score (nSPS) is 20.3. The van der Waals surface area contributed by atoms with E-state index < -0.39 is 0 Å². The molecule has 2 aliphatic rings. The van der Waals surface area contributed by atoms with Gasteiger partial charge >= 0.3 is 0 Å². The van der Waals surface area contributed by atoms with E-state index in [-0.39, 0.29) is 5.91 Å². The average Bonchev–Trinajstić information content (AvgIpc) is 3.08. The number of hydrogen-bond acceptors (Lipinski definition) is 3. The molecule has 1 aromatic heterocycles. The smallest absolute Gasteiger partial charge is 0.273 e. The highest BCUT2D eigenvalue weighted by atomic mass is 16.2. The summed E-state index contributed by atoms with van der Waals surface area (Å²) in [6.45, 7) is 0. The van der Waals surface area contributed by atoms with Crippen molar-refractivity contribution in [1.29, 1.82) is 0 Å². The highest BCUT2D eigenvalue weighted by Gasteiger charge is 2.25. The van der Waals surface area contributed by atoms with Gasteiger partial charge in [-0.05, 0) is 48.9 Å². The van der Waals surface area contributed by atoms with Crippen LogP contribution in [0.2, 0.25) is 0 Å². The van der Waals surface area contributed by atoms with E-state index in [9.17, 15) is 4.79 Å². The molecule has 1 saturated carbocycles. The topological polar surface area (TPSA) is 59.3 Å². The summed E-state index contributed by atoms with van der Waals surface area (Å²) in [6.07, 6.45) is 11.6. The van der Waals surface area contributed by atoms with Gasteiger partial charge in [-0.25, -0.2) is 0 Å². The van der Waals surface area contributed by atoms with Gasteiger partial charge in [0.2, 0.25) is 0 Å². The maximum absolute atomic E-state index is 12.3. The Labute approximate surface area is 148 Å². The van der Waals surface area contributed by atoms with Gasteiger partial charge in [-0.1, -0.05) is 25.3 Å². The second-order valence-electron chi connectivity index (χ2n) is 7.18. The molecule has 0 bridgehead atoms. The van der Waals surface area contributed by atoms with E-state index in [2.05, 4.69) is 22.7 Å². The van der Waals surface area contributed by atoms with Gasteiger partial charge in [-0.15, -0.1) is 0 Å². The number of carbonyl (C=O) groups is 1. The first-order valence-corrected chi connectivity index (χ1v) is 9.17. The molecule has 130 valence electrons. The number of nitrogens with one attached hydrogen (secondary N) is 1. The van der Waals surface area contributed by atoms with Crippen molar-refractivity contribution >= 4 is 23.5 Å². The molecule has 0 saturated heterocycles. The number of amides is 1. The van der Waals surface area contributed by atoms with Gasteiger partial charge in [0.15, 0.2) is 0 Å². The number of nitrogens with zero attached hydrogens (tertiary/aromatic N) is 3. The molecule has 5 nitrogen and oxygen atoms in total. The minimum atomic E-state index is -0.153.